The first-order chi connectivity index (χ1) is 4.27. The van der Waals surface area contributed by atoms with Crippen LogP contribution in [0, 0.1) is 0 Å². The van der Waals surface area contributed by atoms with Crippen LogP contribution in [0.5, 0.6) is 0 Å². The Balaban J connectivity index is -0.000000320. The molecular formula is C6H17Cl2NOTi. The Kier molecular flexibility index (Phi) is 22.7. The predicted molar refractivity (Wildman–Crippen MR) is 49.0 cm³/mol. The van der Waals surface area contributed by atoms with E-state index in [4.69, 9.17) is 3.32 Å². The zero-order valence-corrected chi connectivity index (χ0v) is 10.5. The fourth-order valence-corrected chi connectivity index (χ4v) is 1.16. The standard InChI is InChI=1S/C4H9O.C2H6N.2ClH.Ti/c1-2-3-4-5;1-3-2;;;/h2-4H2,1H3;1-2H3;2*1H;/q2*-1;;;+2. The molecule has 0 radical (unpaired) electrons. The monoisotopic (exact) mass is 237 g/mol. The molecule has 0 bridgehead atoms. The third-order valence-corrected chi connectivity index (χ3v) is 1.94. The second kappa shape index (κ2) is 13.8. The first-order valence-electron chi connectivity index (χ1n) is 3.32. The molecule has 0 N–H and O–H groups in total. The van der Waals surface area contributed by atoms with E-state index in [-0.39, 0.29) is 44.6 Å². The van der Waals surface area contributed by atoms with E-state index < -0.39 is 0 Å². The average molecular weight is 238 g/mol. The summed E-state index contributed by atoms with van der Waals surface area (Å²) < 4.78 is 7.53. The summed E-state index contributed by atoms with van der Waals surface area (Å²) in [5.74, 6) is 0. The van der Waals surface area contributed by atoms with Gasteiger partial charge in [-0.1, -0.05) is 0 Å². The fourth-order valence-electron chi connectivity index (χ4n) is 0.391. The SMILES string of the molecule is CCCC[O][Ti][N](C)C.Cl.Cl. The molecule has 0 saturated carbocycles. The van der Waals surface area contributed by atoms with Crippen molar-refractivity contribution in [2.24, 2.45) is 0 Å². The van der Waals surface area contributed by atoms with Gasteiger partial charge in [-0.2, -0.15) is 0 Å². The molecule has 0 amide bonds. The van der Waals surface area contributed by atoms with Crippen molar-refractivity contribution in [2.45, 2.75) is 19.8 Å². The van der Waals surface area contributed by atoms with Gasteiger partial charge in [0, 0.05) is 0 Å². The molecule has 0 aliphatic carbocycles. The molecule has 0 saturated heterocycles. The molecule has 0 heterocycles. The normalized spacial score (nSPS) is 8.36. The molecule has 0 aromatic rings. The van der Waals surface area contributed by atoms with Gasteiger partial charge >= 0.3 is 67.0 Å². The van der Waals surface area contributed by atoms with Crippen LogP contribution in [0.15, 0.2) is 0 Å². The minimum Gasteiger partial charge on any atom is -0.147 e. The van der Waals surface area contributed by atoms with Crippen LogP contribution in [0.1, 0.15) is 19.8 Å². The van der Waals surface area contributed by atoms with Crippen LogP contribution in [0.4, 0.5) is 0 Å². The Labute approximate surface area is 91.6 Å². The number of hydrogen-bond acceptors (Lipinski definition) is 2. The van der Waals surface area contributed by atoms with Gasteiger partial charge in [-0.15, -0.1) is 24.8 Å². The number of rotatable bonds is 5. The second-order valence-corrected chi connectivity index (χ2v) is 4.32. The Morgan fingerprint density at radius 1 is 1.27 bits per heavy atom. The third kappa shape index (κ3) is 18.3. The van der Waals surface area contributed by atoms with Crippen molar-refractivity contribution in [3.8, 4) is 0 Å². The molecule has 11 heavy (non-hydrogen) atoms. The topological polar surface area (TPSA) is 12.5 Å². The van der Waals surface area contributed by atoms with Crippen LogP contribution < -0.4 is 0 Å². The maximum Gasteiger partial charge on any atom is -0.147 e. The molecular weight excluding hydrogens is 221 g/mol. The molecule has 5 heteroatoms. The smallest absolute Gasteiger partial charge is 0.147 e. The molecule has 70 valence electrons. The summed E-state index contributed by atoms with van der Waals surface area (Å²) in [7, 11) is 4.12. The van der Waals surface area contributed by atoms with Crippen molar-refractivity contribution < 1.29 is 23.1 Å². The van der Waals surface area contributed by atoms with E-state index in [2.05, 4.69) is 24.4 Å². The van der Waals surface area contributed by atoms with Gasteiger partial charge < -0.3 is 0 Å². The number of nitrogens with zero attached hydrogens (tertiary/aromatic N) is 1. The Morgan fingerprint density at radius 3 is 2.18 bits per heavy atom. The number of halogens is 2. The summed E-state index contributed by atoms with van der Waals surface area (Å²) in [6, 6.07) is 0. The molecule has 0 aliphatic heterocycles. The minimum absolute atomic E-state index is 0. The van der Waals surface area contributed by atoms with Gasteiger partial charge in [0.05, 0.1) is 0 Å². The number of unbranched alkanes of at least 4 members (excludes halogenated alkanes) is 1. The molecule has 0 spiro atoms. The Bertz CT molecular complexity index is 66.5. The summed E-state index contributed by atoms with van der Waals surface area (Å²) in [4.78, 5) is 0. The Hall–Kier alpha value is 1.21. The van der Waals surface area contributed by atoms with E-state index in [1.807, 2.05) is 0 Å². The van der Waals surface area contributed by atoms with E-state index in [1.54, 1.807) is 0 Å². The molecule has 2 nitrogen and oxygen atoms in total. The zero-order chi connectivity index (χ0) is 7.11. The van der Waals surface area contributed by atoms with Crippen molar-refractivity contribution in [2.75, 3.05) is 20.7 Å². The van der Waals surface area contributed by atoms with Gasteiger partial charge in [-0.05, 0) is 0 Å². The number of hydrogen-bond donors (Lipinski definition) is 0. The summed E-state index contributed by atoms with van der Waals surface area (Å²) in [5.41, 5.74) is 0. The van der Waals surface area contributed by atoms with Crippen LogP contribution in [-0.4, -0.2) is 24.1 Å². The van der Waals surface area contributed by atoms with E-state index in [0.717, 1.165) is 6.61 Å². The quantitative estimate of drug-likeness (QED) is 0.537. The van der Waals surface area contributed by atoms with Crippen molar-refractivity contribution in [3.05, 3.63) is 0 Å². The summed E-state index contributed by atoms with van der Waals surface area (Å²) in [6.45, 7) is 3.13. The van der Waals surface area contributed by atoms with Gasteiger partial charge in [0.2, 0.25) is 0 Å². The van der Waals surface area contributed by atoms with Crippen LogP contribution in [0.2, 0.25) is 0 Å². The predicted octanol–water partition coefficient (Wildman–Crippen LogP) is 2.12. The second-order valence-electron chi connectivity index (χ2n) is 2.19. The van der Waals surface area contributed by atoms with Crippen molar-refractivity contribution >= 4 is 24.8 Å². The maximum absolute atomic E-state index is 5.39. The maximum atomic E-state index is 5.39. The van der Waals surface area contributed by atoms with Crippen LogP contribution >= 0.6 is 24.8 Å². The zero-order valence-electron chi connectivity index (χ0n) is 7.29. The van der Waals surface area contributed by atoms with Crippen molar-refractivity contribution in [3.63, 3.8) is 0 Å². The first kappa shape index (κ1) is 18.1. The van der Waals surface area contributed by atoms with Crippen molar-refractivity contribution in [1.82, 2.24) is 3.38 Å². The van der Waals surface area contributed by atoms with Crippen LogP contribution in [0.25, 0.3) is 0 Å². The molecule has 0 unspecified atom stereocenters. The van der Waals surface area contributed by atoms with Crippen LogP contribution in [0.3, 0.4) is 0 Å². The third-order valence-electron chi connectivity index (χ3n) is 0.847. The summed E-state index contributed by atoms with van der Waals surface area (Å²) in [5, 5.41) is 0. The van der Waals surface area contributed by atoms with E-state index >= 15 is 0 Å². The largest absolute Gasteiger partial charge is 0.147 e. The van der Waals surface area contributed by atoms with Crippen molar-refractivity contribution in [1.29, 1.82) is 0 Å². The molecule has 0 aromatic heterocycles. The Morgan fingerprint density at radius 2 is 1.82 bits per heavy atom. The van der Waals surface area contributed by atoms with Crippen LogP contribution in [-0.2, 0) is 23.1 Å². The fraction of sp³-hybridized carbons (Fsp3) is 1.00. The first-order valence-corrected chi connectivity index (χ1v) is 4.65. The van der Waals surface area contributed by atoms with E-state index in [9.17, 15) is 0 Å². The van der Waals surface area contributed by atoms with Gasteiger partial charge in [0.1, 0.15) is 0 Å². The van der Waals surface area contributed by atoms with E-state index in [1.165, 1.54) is 12.8 Å². The average Bonchev–Trinajstić information content (AvgIpc) is 1.80. The molecule has 0 atom stereocenters. The minimum atomic E-state index is -0.232. The van der Waals surface area contributed by atoms with Gasteiger partial charge in [-0.25, -0.2) is 0 Å². The van der Waals surface area contributed by atoms with Gasteiger partial charge in [-0.3, -0.25) is 0 Å². The molecule has 0 aromatic carbocycles. The molecule has 0 rings (SSSR count). The van der Waals surface area contributed by atoms with Gasteiger partial charge in [0.15, 0.2) is 0 Å². The van der Waals surface area contributed by atoms with E-state index in [0.29, 0.717) is 0 Å². The molecule has 0 aliphatic rings. The summed E-state index contributed by atoms with van der Waals surface area (Å²) in [6.07, 6.45) is 2.44. The van der Waals surface area contributed by atoms with Gasteiger partial charge in [0.25, 0.3) is 0 Å². The molecule has 0 fully saturated rings. The summed E-state index contributed by atoms with van der Waals surface area (Å²) >= 11 is -0.232.